The number of quaternary nitrogens is 1. The predicted molar refractivity (Wildman–Crippen MR) is 80.1 cm³/mol. The van der Waals surface area contributed by atoms with E-state index in [0.717, 1.165) is 5.69 Å². The quantitative estimate of drug-likeness (QED) is 0.461. The van der Waals surface area contributed by atoms with Crippen molar-refractivity contribution >= 4 is 11.4 Å². The topological polar surface area (TPSA) is 52.5 Å². The molecule has 4 nitrogen and oxygen atoms in total. The van der Waals surface area contributed by atoms with Crippen molar-refractivity contribution in [2.45, 2.75) is 6.92 Å². The Morgan fingerprint density at radius 3 is 1.84 bits per heavy atom. The van der Waals surface area contributed by atoms with Gasteiger partial charge in [0.2, 0.25) is 0 Å². The van der Waals surface area contributed by atoms with E-state index in [1.165, 1.54) is 5.56 Å². The lowest BCUT2D eigenvalue weighted by molar-refractivity contribution is 0.543. The van der Waals surface area contributed by atoms with Crippen LogP contribution >= 0.6 is 0 Å². The van der Waals surface area contributed by atoms with E-state index in [1.54, 1.807) is 38.4 Å². The molecular formula is C15H18N2O2. The van der Waals surface area contributed by atoms with Crippen molar-refractivity contribution in [3.8, 4) is 0 Å². The molecule has 2 aromatic carbocycles. The summed E-state index contributed by atoms with van der Waals surface area (Å²) in [6.45, 7) is 2.01. The molecule has 0 heterocycles. The Morgan fingerprint density at radius 2 is 1.47 bits per heavy atom. The molecule has 0 unspecified atom stereocenters. The van der Waals surface area contributed by atoms with Gasteiger partial charge < -0.3 is 9.85 Å². The molecule has 0 aromatic heterocycles. The zero-order valence-corrected chi connectivity index (χ0v) is 11.4. The van der Waals surface area contributed by atoms with E-state index in [0.29, 0.717) is 5.69 Å². The lowest BCUT2D eigenvalue weighted by atomic mass is 10.2. The highest BCUT2D eigenvalue weighted by Gasteiger charge is 2.04. The van der Waals surface area contributed by atoms with E-state index in [1.807, 2.05) is 37.3 Å². The first-order valence-corrected chi connectivity index (χ1v) is 5.94. The molecule has 0 saturated heterocycles. The summed E-state index contributed by atoms with van der Waals surface area (Å²) in [7, 11) is 3.23. The van der Waals surface area contributed by atoms with Gasteiger partial charge in [-0.15, -0.1) is 4.91 Å². The van der Waals surface area contributed by atoms with Crippen molar-refractivity contribution in [3.05, 3.63) is 70.3 Å². The van der Waals surface area contributed by atoms with Crippen LogP contribution in [0.3, 0.4) is 0 Å². The number of nitrogens with zero attached hydrogens (tertiary/aromatic N) is 2. The molecule has 0 radical (unpaired) electrons. The maximum atomic E-state index is 11.4. The van der Waals surface area contributed by atoms with Crippen molar-refractivity contribution in [1.29, 1.82) is 0 Å². The van der Waals surface area contributed by atoms with Crippen molar-refractivity contribution in [1.82, 2.24) is 4.65 Å². The van der Waals surface area contributed by atoms with Gasteiger partial charge in [-0.1, -0.05) is 35.9 Å². The van der Waals surface area contributed by atoms with Gasteiger partial charge in [0.15, 0.2) is 0 Å². The Balaban J connectivity index is 0.000000200. The highest BCUT2D eigenvalue weighted by atomic mass is 16.5. The van der Waals surface area contributed by atoms with E-state index in [4.69, 9.17) is 0 Å². The summed E-state index contributed by atoms with van der Waals surface area (Å²) in [5.41, 5.74) is 2.45. The van der Waals surface area contributed by atoms with Gasteiger partial charge in [-0.25, -0.2) is 0 Å². The summed E-state index contributed by atoms with van der Waals surface area (Å²) in [5, 5.41) is 14.1. The Kier molecular flexibility index (Phi) is 5.36. The van der Waals surface area contributed by atoms with Crippen LogP contribution in [-0.2, 0) is 0 Å². The minimum atomic E-state index is -0.361. The fourth-order valence-electron chi connectivity index (χ4n) is 1.39. The van der Waals surface area contributed by atoms with Crippen LogP contribution in [0.25, 0.3) is 0 Å². The van der Waals surface area contributed by atoms with Crippen LogP contribution in [0.1, 0.15) is 5.56 Å². The molecule has 0 amide bonds. The first kappa shape index (κ1) is 15.0. The highest BCUT2D eigenvalue weighted by molar-refractivity contribution is 5.43. The van der Waals surface area contributed by atoms with E-state index in [-0.39, 0.29) is 4.65 Å². The van der Waals surface area contributed by atoms with Crippen LogP contribution in [0.15, 0.2) is 59.8 Å². The van der Waals surface area contributed by atoms with E-state index < -0.39 is 0 Å². The number of hydrogen-bond acceptors (Lipinski definition) is 3. The summed E-state index contributed by atoms with van der Waals surface area (Å²) < 4.78 is -0.361. The minimum Gasteiger partial charge on any atom is -0.628 e. The summed E-state index contributed by atoms with van der Waals surface area (Å²) in [6, 6.07) is 16.3. The second kappa shape index (κ2) is 6.78. The number of aryl methyl sites for hydroxylation is 1. The van der Waals surface area contributed by atoms with Gasteiger partial charge >= 0.3 is 0 Å². The Morgan fingerprint density at radius 1 is 0.947 bits per heavy atom. The second-order valence-electron chi connectivity index (χ2n) is 4.61. The maximum Gasteiger partial charge on any atom is 0.132 e. The average molecular weight is 258 g/mol. The monoisotopic (exact) mass is 258 g/mol. The largest absolute Gasteiger partial charge is 0.628 e. The number of hydroxylamine groups is 2. The first-order chi connectivity index (χ1) is 8.93. The van der Waals surface area contributed by atoms with Crippen molar-refractivity contribution in [3.63, 3.8) is 0 Å². The van der Waals surface area contributed by atoms with Crippen LogP contribution in [-0.4, -0.2) is 14.1 Å². The summed E-state index contributed by atoms with van der Waals surface area (Å²) in [6.07, 6.45) is 0. The van der Waals surface area contributed by atoms with Gasteiger partial charge in [0.1, 0.15) is 11.4 Å². The number of benzene rings is 2. The molecule has 2 rings (SSSR count). The van der Waals surface area contributed by atoms with Crippen LogP contribution in [0.5, 0.6) is 0 Å². The average Bonchev–Trinajstić information content (AvgIpc) is 2.40. The Hall–Kier alpha value is -2.04. The number of nitroso groups, excluding NO2 is 1. The molecule has 0 aliphatic rings. The maximum absolute atomic E-state index is 11.4. The molecule has 2 aromatic rings. The normalized spacial score (nSPS) is 10.3. The van der Waals surface area contributed by atoms with Gasteiger partial charge in [0.05, 0.1) is 14.1 Å². The van der Waals surface area contributed by atoms with Crippen molar-refractivity contribution in [2.24, 2.45) is 5.18 Å². The molecule has 0 N–H and O–H groups in total. The third-order valence-electron chi connectivity index (χ3n) is 2.52. The third kappa shape index (κ3) is 5.42. The van der Waals surface area contributed by atoms with Crippen LogP contribution < -0.4 is 4.65 Å². The lowest BCUT2D eigenvalue weighted by Gasteiger charge is -2.32. The second-order valence-corrected chi connectivity index (χ2v) is 4.61. The summed E-state index contributed by atoms with van der Waals surface area (Å²) in [4.78, 5) is 9.76. The standard InChI is InChI=1S/C9H13NO.C6H5NO/c1-8-4-6-9(7-5-8)10(2,3)11;8-7-6-4-2-1-3-5-6/h4-7H,1-3H3;1-5H. The molecule has 4 heteroatoms. The molecule has 0 aliphatic carbocycles. The predicted octanol–water partition coefficient (Wildman–Crippen LogP) is 4.14. The third-order valence-corrected chi connectivity index (χ3v) is 2.52. The van der Waals surface area contributed by atoms with Gasteiger partial charge in [0.25, 0.3) is 0 Å². The molecule has 0 spiro atoms. The number of hydrogen-bond donors (Lipinski definition) is 0. The summed E-state index contributed by atoms with van der Waals surface area (Å²) >= 11 is 0. The Bertz CT molecular complexity index is 502. The zero-order chi connectivity index (χ0) is 14.3. The van der Waals surface area contributed by atoms with Crippen molar-refractivity contribution < 1.29 is 0 Å². The fraction of sp³-hybridized carbons (Fsp3) is 0.200. The minimum absolute atomic E-state index is 0.361. The summed E-state index contributed by atoms with van der Waals surface area (Å²) in [5.74, 6) is 0. The lowest BCUT2D eigenvalue weighted by Crippen LogP contribution is -2.32. The van der Waals surface area contributed by atoms with Gasteiger partial charge in [0, 0.05) is 0 Å². The molecule has 100 valence electrons. The van der Waals surface area contributed by atoms with E-state index in [9.17, 15) is 10.1 Å². The smallest absolute Gasteiger partial charge is 0.132 e. The zero-order valence-electron chi connectivity index (χ0n) is 11.4. The van der Waals surface area contributed by atoms with E-state index in [2.05, 4.69) is 5.18 Å². The fourth-order valence-corrected chi connectivity index (χ4v) is 1.39. The molecular weight excluding hydrogens is 240 g/mol. The molecule has 0 bridgehead atoms. The van der Waals surface area contributed by atoms with Gasteiger partial charge in [-0.3, -0.25) is 0 Å². The molecule has 0 fully saturated rings. The van der Waals surface area contributed by atoms with Crippen LogP contribution in [0.4, 0.5) is 11.4 Å². The molecule has 19 heavy (non-hydrogen) atoms. The molecule has 0 atom stereocenters. The van der Waals surface area contributed by atoms with Crippen LogP contribution in [0, 0.1) is 17.0 Å². The molecule has 0 aliphatic heterocycles. The first-order valence-electron chi connectivity index (χ1n) is 5.94. The highest BCUT2D eigenvalue weighted by Crippen LogP contribution is 2.17. The van der Waals surface area contributed by atoms with Crippen LogP contribution in [0.2, 0.25) is 0 Å². The number of rotatable bonds is 2. The molecule has 0 saturated carbocycles. The van der Waals surface area contributed by atoms with Gasteiger partial charge in [-0.05, 0) is 36.4 Å². The van der Waals surface area contributed by atoms with Gasteiger partial charge in [-0.2, -0.15) is 0 Å². The Labute approximate surface area is 113 Å². The SMILES string of the molecule is Cc1ccc([N+](C)(C)[O-])cc1.O=Nc1ccccc1. The van der Waals surface area contributed by atoms with E-state index >= 15 is 0 Å². The van der Waals surface area contributed by atoms with Crippen molar-refractivity contribution in [2.75, 3.05) is 14.1 Å².